The van der Waals surface area contributed by atoms with Crippen LogP contribution in [-0.4, -0.2) is 16.8 Å². The molecule has 7 heavy (non-hydrogen) atoms. The molecule has 0 radical (unpaired) electrons. The van der Waals surface area contributed by atoms with E-state index in [0.29, 0.717) is 0 Å². The second-order valence-corrected chi connectivity index (χ2v) is 2.23. The van der Waals surface area contributed by atoms with E-state index >= 15 is 0 Å². The van der Waals surface area contributed by atoms with Gasteiger partial charge in [-0.25, -0.2) is 0 Å². The molecular weight excluding hydrogens is 112 g/mol. The summed E-state index contributed by atoms with van der Waals surface area (Å²) in [5.74, 6) is 0. The van der Waals surface area contributed by atoms with E-state index in [1.807, 2.05) is 0 Å². The number of hydrogen-bond acceptors (Lipinski definition) is 4. The van der Waals surface area contributed by atoms with Gasteiger partial charge in [0.2, 0.25) is 5.12 Å². The summed E-state index contributed by atoms with van der Waals surface area (Å²) < 4.78 is 0. The Morgan fingerprint density at radius 2 is 2.71 bits per heavy atom. The minimum Gasteiger partial charge on any atom is -0.301 e. The molecule has 1 rings (SSSR count). The third-order valence-electron chi connectivity index (χ3n) is 0.564. The highest BCUT2D eigenvalue weighted by Gasteiger charge is 2.11. The molecule has 0 saturated carbocycles. The number of hydrogen-bond donors (Lipinski definition) is 1. The van der Waals surface area contributed by atoms with Gasteiger partial charge in [-0.2, -0.15) is 0 Å². The van der Waals surface area contributed by atoms with Crippen LogP contribution in [0.3, 0.4) is 0 Å². The standard InChI is InChI=1S/C3H4N2OS/c4-3-5-1-2(6)7-3/h1,3H,4H2. The average Bonchev–Trinajstić information content (AvgIpc) is 1.87. The highest BCUT2D eigenvalue weighted by Crippen LogP contribution is 2.11. The van der Waals surface area contributed by atoms with Crippen molar-refractivity contribution in [1.82, 2.24) is 0 Å². The molecule has 0 fully saturated rings. The second-order valence-electron chi connectivity index (χ2n) is 1.11. The molecule has 1 aliphatic heterocycles. The molecule has 0 aromatic carbocycles. The minimum atomic E-state index is -0.340. The van der Waals surface area contributed by atoms with Crippen molar-refractivity contribution in [1.29, 1.82) is 0 Å². The van der Waals surface area contributed by atoms with E-state index in [2.05, 4.69) is 4.99 Å². The predicted molar refractivity (Wildman–Crippen MR) is 29.1 cm³/mol. The fraction of sp³-hybridized carbons (Fsp3) is 0.333. The molecule has 0 aromatic rings. The van der Waals surface area contributed by atoms with Crippen LogP contribution in [0.2, 0.25) is 0 Å². The monoisotopic (exact) mass is 116 g/mol. The number of carbonyl (C=O) groups excluding carboxylic acids is 1. The number of aliphatic imine (C=N–C) groups is 1. The molecule has 0 amide bonds. The largest absolute Gasteiger partial charge is 0.301 e. The topological polar surface area (TPSA) is 55.4 Å². The van der Waals surface area contributed by atoms with Gasteiger partial charge >= 0.3 is 0 Å². The normalized spacial score (nSPS) is 29.3. The van der Waals surface area contributed by atoms with E-state index in [1.165, 1.54) is 6.21 Å². The average molecular weight is 116 g/mol. The molecule has 1 aliphatic rings. The van der Waals surface area contributed by atoms with Crippen molar-refractivity contribution in [2.45, 2.75) is 5.50 Å². The van der Waals surface area contributed by atoms with Crippen LogP contribution in [0, 0.1) is 0 Å². The Kier molecular flexibility index (Phi) is 1.12. The molecule has 1 heterocycles. The lowest BCUT2D eigenvalue weighted by Gasteiger charge is -1.88. The van der Waals surface area contributed by atoms with Crippen LogP contribution in [0.15, 0.2) is 4.99 Å². The van der Waals surface area contributed by atoms with Crippen LogP contribution in [0.1, 0.15) is 0 Å². The molecule has 0 saturated heterocycles. The van der Waals surface area contributed by atoms with Crippen LogP contribution in [0.5, 0.6) is 0 Å². The van der Waals surface area contributed by atoms with E-state index in [1.54, 1.807) is 0 Å². The highest BCUT2D eigenvalue weighted by atomic mass is 32.2. The Hall–Kier alpha value is -0.350. The smallest absolute Gasteiger partial charge is 0.233 e. The number of carbonyl (C=O) groups is 1. The Balaban J connectivity index is 2.58. The van der Waals surface area contributed by atoms with Gasteiger partial charge in [-0.05, 0) is 11.8 Å². The lowest BCUT2D eigenvalue weighted by Crippen LogP contribution is -2.08. The summed E-state index contributed by atoms with van der Waals surface area (Å²) in [7, 11) is 0. The van der Waals surface area contributed by atoms with Gasteiger partial charge < -0.3 is 5.73 Å². The summed E-state index contributed by atoms with van der Waals surface area (Å²) in [6, 6.07) is 0. The number of rotatable bonds is 0. The van der Waals surface area contributed by atoms with Gasteiger partial charge in [0.25, 0.3) is 0 Å². The van der Waals surface area contributed by atoms with Gasteiger partial charge in [0, 0.05) is 0 Å². The van der Waals surface area contributed by atoms with Crippen LogP contribution >= 0.6 is 11.8 Å². The van der Waals surface area contributed by atoms with Crippen molar-refractivity contribution in [3.8, 4) is 0 Å². The van der Waals surface area contributed by atoms with Crippen LogP contribution in [0.25, 0.3) is 0 Å². The first-order valence-corrected chi connectivity index (χ1v) is 2.66. The minimum absolute atomic E-state index is 0.0486. The van der Waals surface area contributed by atoms with Crippen molar-refractivity contribution in [3.63, 3.8) is 0 Å². The number of thioether (sulfide) groups is 1. The van der Waals surface area contributed by atoms with Crippen molar-refractivity contribution in [2.75, 3.05) is 0 Å². The Morgan fingerprint density at radius 3 is 2.86 bits per heavy atom. The molecule has 4 heteroatoms. The quantitative estimate of drug-likeness (QED) is 0.467. The molecule has 1 atom stereocenters. The first-order valence-electron chi connectivity index (χ1n) is 1.78. The maximum atomic E-state index is 10.2. The third kappa shape index (κ3) is 1.01. The summed E-state index contributed by atoms with van der Waals surface area (Å²) >= 11 is 1.04. The molecule has 0 aromatic heterocycles. The zero-order valence-electron chi connectivity index (χ0n) is 3.50. The molecule has 1 unspecified atom stereocenters. The molecule has 3 nitrogen and oxygen atoms in total. The summed E-state index contributed by atoms with van der Waals surface area (Å²) in [6.45, 7) is 0. The van der Waals surface area contributed by atoms with Crippen LogP contribution in [0.4, 0.5) is 0 Å². The summed E-state index contributed by atoms with van der Waals surface area (Å²) in [4.78, 5) is 13.8. The van der Waals surface area contributed by atoms with Gasteiger partial charge in [0.1, 0.15) is 0 Å². The van der Waals surface area contributed by atoms with Gasteiger partial charge in [0.05, 0.1) is 6.21 Å². The van der Waals surface area contributed by atoms with Crippen LogP contribution in [-0.2, 0) is 4.79 Å². The van der Waals surface area contributed by atoms with Gasteiger partial charge in [-0.1, -0.05) is 0 Å². The fourth-order valence-corrected chi connectivity index (χ4v) is 0.796. The second kappa shape index (κ2) is 1.63. The van der Waals surface area contributed by atoms with Crippen LogP contribution < -0.4 is 5.73 Å². The number of nitrogens with zero attached hydrogens (tertiary/aromatic N) is 1. The van der Waals surface area contributed by atoms with Crippen molar-refractivity contribution in [2.24, 2.45) is 10.7 Å². The Bertz CT molecular complexity index is 122. The third-order valence-corrected chi connectivity index (χ3v) is 1.26. The maximum Gasteiger partial charge on any atom is 0.233 e. The van der Waals surface area contributed by atoms with E-state index in [9.17, 15) is 4.79 Å². The number of nitrogens with two attached hydrogens (primary N) is 1. The lowest BCUT2D eigenvalue weighted by molar-refractivity contribution is -0.105. The summed E-state index contributed by atoms with van der Waals surface area (Å²) in [5, 5.41) is -0.0486. The Morgan fingerprint density at radius 1 is 2.00 bits per heavy atom. The predicted octanol–water partition coefficient (Wildman–Crippen LogP) is -0.427. The first kappa shape index (κ1) is 4.80. The molecular formula is C3H4N2OS. The van der Waals surface area contributed by atoms with E-state index in [-0.39, 0.29) is 10.6 Å². The van der Waals surface area contributed by atoms with E-state index in [0.717, 1.165) is 11.8 Å². The van der Waals surface area contributed by atoms with Crippen molar-refractivity contribution >= 4 is 23.1 Å². The van der Waals surface area contributed by atoms with Crippen molar-refractivity contribution in [3.05, 3.63) is 0 Å². The molecule has 0 aliphatic carbocycles. The Labute approximate surface area is 45.0 Å². The summed E-state index contributed by atoms with van der Waals surface area (Å²) in [5.41, 5.74) is 4.83. The van der Waals surface area contributed by atoms with E-state index in [4.69, 9.17) is 5.73 Å². The van der Waals surface area contributed by atoms with Gasteiger partial charge in [0.15, 0.2) is 5.50 Å². The molecule has 38 valence electrons. The SMILES string of the molecule is NC1N=CC(=O)S1. The zero-order chi connectivity index (χ0) is 5.28. The zero-order valence-corrected chi connectivity index (χ0v) is 4.31. The van der Waals surface area contributed by atoms with Crippen molar-refractivity contribution < 1.29 is 4.79 Å². The molecule has 2 N–H and O–H groups in total. The van der Waals surface area contributed by atoms with E-state index < -0.39 is 0 Å². The maximum absolute atomic E-state index is 10.2. The molecule has 0 spiro atoms. The molecule has 0 bridgehead atoms. The van der Waals surface area contributed by atoms with Gasteiger partial charge in [-0.15, -0.1) is 0 Å². The lowest BCUT2D eigenvalue weighted by atomic mass is 10.8. The first-order chi connectivity index (χ1) is 3.29. The fourth-order valence-electron chi connectivity index (χ4n) is 0.314. The van der Waals surface area contributed by atoms with Gasteiger partial charge in [-0.3, -0.25) is 9.79 Å². The highest BCUT2D eigenvalue weighted by molar-refractivity contribution is 8.16. The summed E-state index contributed by atoms with van der Waals surface area (Å²) in [6.07, 6.45) is 1.25.